The molecule has 4 heteroatoms. The van der Waals surface area contributed by atoms with Crippen molar-refractivity contribution in [1.29, 1.82) is 0 Å². The fourth-order valence-corrected chi connectivity index (χ4v) is 3.12. The highest BCUT2D eigenvalue weighted by Crippen LogP contribution is 2.40. The van der Waals surface area contributed by atoms with Crippen LogP contribution in [0, 0.1) is 0 Å². The highest BCUT2D eigenvalue weighted by atomic mass is 32.1. The molecule has 0 spiro atoms. The quantitative estimate of drug-likeness (QED) is 0.786. The number of likely N-dealkylation sites (N-methyl/N-ethyl adjacent to an activating group) is 1. The van der Waals surface area contributed by atoms with Crippen LogP contribution in [0.3, 0.4) is 0 Å². The molecule has 92 valence electrons. The Morgan fingerprint density at radius 2 is 2.18 bits per heavy atom. The molecule has 0 aliphatic heterocycles. The zero-order valence-corrected chi connectivity index (χ0v) is 10.8. The van der Waals surface area contributed by atoms with Gasteiger partial charge in [-0.1, -0.05) is 25.1 Å². The van der Waals surface area contributed by atoms with Gasteiger partial charge < -0.3 is 10.4 Å². The van der Waals surface area contributed by atoms with Gasteiger partial charge in [-0.05, 0) is 30.5 Å². The van der Waals surface area contributed by atoms with Gasteiger partial charge in [-0.15, -0.1) is 0 Å². The fourth-order valence-electron chi connectivity index (χ4n) is 2.76. The standard InChI is InChI=1S/C13H18N2OS/c1-14-12(17)13(7-3-2-4-11(13)16)10-5-8-15-9-6-10/h5-6,8-9,11,16H,2-4,7H2,1H3,(H,14,17). The maximum absolute atomic E-state index is 10.4. The summed E-state index contributed by atoms with van der Waals surface area (Å²) in [5, 5.41) is 13.5. The molecule has 1 aliphatic rings. The molecular weight excluding hydrogens is 232 g/mol. The van der Waals surface area contributed by atoms with Crippen molar-refractivity contribution < 1.29 is 5.11 Å². The molecule has 2 unspecified atom stereocenters. The Morgan fingerprint density at radius 1 is 1.47 bits per heavy atom. The van der Waals surface area contributed by atoms with Crippen molar-refractivity contribution >= 4 is 17.2 Å². The Kier molecular flexibility index (Phi) is 3.74. The van der Waals surface area contributed by atoms with Gasteiger partial charge in [0.2, 0.25) is 0 Å². The van der Waals surface area contributed by atoms with Crippen LogP contribution >= 0.6 is 12.2 Å². The van der Waals surface area contributed by atoms with E-state index in [0.29, 0.717) is 0 Å². The number of nitrogens with zero attached hydrogens (tertiary/aromatic N) is 1. The molecule has 0 amide bonds. The minimum absolute atomic E-state index is 0.404. The molecule has 2 N–H and O–H groups in total. The Hall–Kier alpha value is -1.00. The first-order chi connectivity index (χ1) is 8.21. The molecule has 1 saturated carbocycles. The minimum atomic E-state index is -0.425. The van der Waals surface area contributed by atoms with E-state index in [0.717, 1.165) is 36.2 Å². The van der Waals surface area contributed by atoms with E-state index in [4.69, 9.17) is 12.2 Å². The van der Waals surface area contributed by atoms with Crippen molar-refractivity contribution in [2.75, 3.05) is 7.05 Å². The van der Waals surface area contributed by atoms with Gasteiger partial charge >= 0.3 is 0 Å². The summed E-state index contributed by atoms with van der Waals surface area (Å²) in [6.07, 6.45) is 7.00. The van der Waals surface area contributed by atoms with Crippen molar-refractivity contribution in [3.63, 3.8) is 0 Å². The summed E-state index contributed by atoms with van der Waals surface area (Å²) >= 11 is 5.45. The second-order valence-electron chi connectivity index (χ2n) is 4.55. The van der Waals surface area contributed by atoms with Crippen LogP contribution in [0.15, 0.2) is 24.5 Å². The average Bonchev–Trinajstić information content (AvgIpc) is 2.39. The number of aliphatic hydroxyl groups excluding tert-OH is 1. The van der Waals surface area contributed by atoms with Crippen molar-refractivity contribution in [3.8, 4) is 0 Å². The second kappa shape index (κ2) is 5.10. The highest BCUT2D eigenvalue weighted by molar-refractivity contribution is 7.80. The Bertz CT molecular complexity index is 396. The van der Waals surface area contributed by atoms with Crippen LogP contribution < -0.4 is 5.32 Å². The molecule has 17 heavy (non-hydrogen) atoms. The molecule has 0 bridgehead atoms. The van der Waals surface area contributed by atoms with E-state index in [1.54, 1.807) is 12.4 Å². The molecule has 1 fully saturated rings. The summed E-state index contributed by atoms with van der Waals surface area (Å²) in [4.78, 5) is 4.77. The lowest BCUT2D eigenvalue weighted by Gasteiger charge is -2.42. The predicted octanol–water partition coefficient (Wildman–Crippen LogP) is 1.80. The number of rotatable bonds is 2. The third kappa shape index (κ3) is 2.07. The third-order valence-corrected chi connectivity index (χ3v) is 4.26. The van der Waals surface area contributed by atoms with Crippen LogP contribution in [0.5, 0.6) is 0 Å². The topological polar surface area (TPSA) is 45.2 Å². The summed E-state index contributed by atoms with van der Waals surface area (Å²) in [5.74, 6) is 0. The van der Waals surface area contributed by atoms with E-state index in [2.05, 4.69) is 10.3 Å². The van der Waals surface area contributed by atoms with E-state index in [1.165, 1.54) is 0 Å². The van der Waals surface area contributed by atoms with Gasteiger partial charge in [0, 0.05) is 19.4 Å². The number of hydrogen-bond donors (Lipinski definition) is 2. The minimum Gasteiger partial charge on any atom is -0.392 e. The Morgan fingerprint density at radius 3 is 2.76 bits per heavy atom. The van der Waals surface area contributed by atoms with Crippen LogP contribution in [0.1, 0.15) is 31.2 Å². The van der Waals surface area contributed by atoms with E-state index in [9.17, 15) is 5.11 Å². The van der Waals surface area contributed by atoms with Crippen LogP contribution in [0.4, 0.5) is 0 Å². The zero-order valence-electron chi connectivity index (χ0n) is 10.0. The Balaban J connectivity index is 2.46. The van der Waals surface area contributed by atoms with E-state index in [1.807, 2.05) is 19.2 Å². The van der Waals surface area contributed by atoms with Crippen LogP contribution in [0.25, 0.3) is 0 Å². The van der Waals surface area contributed by atoms with Gasteiger partial charge in [-0.2, -0.15) is 0 Å². The number of thiocarbonyl (C=S) groups is 1. The van der Waals surface area contributed by atoms with Gasteiger partial charge in [0.05, 0.1) is 16.5 Å². The molecule has 2 atom stereocenters. The number of aliphatic hydroxyl groups is 1. The summed E-state index contributed by atoms with van der Waals surface area (Å²) in [6.45, 7) is 0. The van der Waals surface area contributed by atoms with Gasteiger partial charge in [0.15, 0.2) is 0 Å². The molecule has 1 heterocycles. The molecule has 1 aromatic heterocycles. The number of nitrogens with one attached hydrogen (secondary N) is 1. The van der Waals surface area contributed by atoms with Gasteiger partial charge in [0.25, 0.3) is 0 Å². The predicted molar refractivity (Wildman–Crippen MR) is 72.0 cm³/mol. The fraction of sp³-hybridized carbons (Fsp3) is 0.538. The first kappa shape index (κ1) is 12.5. The second-order valence-corrected chi connectivity index (χ2v) is 4.96. The van der Waals surface area contributed by atoms with Gasteiger partial charge in [-0.25, -0.2) is 0 Å². The van der Waals surface area contributed by atoms with Crippen molar-refractivity contribution in [3.05, 3.63) is 30.1 Å². The van der Waals surface area contributed by atoms with Crippen molar-refractivity contribution in [1.82, 2.24) is 10.3 Å². The molecule has 3 nitrogen and oxygen atoms in total. The summed E-state index contributed by atoms with van der Waals surface area (Å²) in [5.41, 5.74) is 0.643. The molecular formula is C13H18N2OS. The Labute approximate surface area is 107 Å². The lowest BCUT2D eigenvalue weighted by atomic mass is 9.67. The number of pyridine rings is 1. The lowest BCUT2D eigenvalue weighted by Crippen LogP contribution is -2.52. The van der Waals surface area contributed by atoms with Crippen LogP contribution in [-0.4, -0.2) is 28.2 Å². The van der Waals surface area contributed by atoms with Crippen molar-refractivity contribution in [2.45, 2.75) is 37.2 Å². The molecule has 2 rings (SSSR count). The maximum atomic E-state index is 10.4. The largest absolute Gasteiger partial charge is 0.392 e. The monoisotopic (exact) mass is 250 g/mol. The first-order valence-corrected chi connectivity index (χ1v) is 6.43. The smallest absolute Gasteiger partial charge is 0.0884 e. The van der Waals surface area contributed by atoms with Crippen LogP contribution in [0.2, 0.25) is 0 Å². The average molecular weight is 250 g/mol. The molecule has 1 aromatic rings. The molecule has 1 aliphatic carbocycles. The third-order valence-electron chi connectivity index (χ3n) is 3.70. The van der Waals surface area contributed by atoms with Crippen molar-refractivity contribution in [2.24, 2.45) is 0 Å². The summed E-state index contributed by atoms with van der Waals surface area (Å²) in [6, 6.07) is 3.91. The number of hydrogen-bond acceptors (Lipinski definition) is 3. The number of aromatic nitrogens is 1. The summed E-state index contributed by atoms with van der Waals surface area (Å²) in [7, 11) is 1.83. The first-order valence-electron chi connectivity index (χ1n) is 6.02. The molecule has 0 radical (unpaired) electrons. The molecule has 0 saturated heterocycles. The van der Waals surface area contributed by atoms with Gasteiger partial charge in [0.1, 0.15) is 0 Å². The van der Waals surface area contributed by atoms with E-state index in [-0.39, 0.29) is 0 Å². The van der Waals surface area contributed by atoms with Gasteiger partial charge in [-0.3, -0.25) is 4.98 Å². The summed E-state index contributed by atoms with van der Waals surface area (Å²) < 4.78 is 0. The SMILES string of the molecule is CNC(=S)C1(c2ccncc2)CCCCC1O. The van der Waals surface area contributed by atoms with E-state index >= 15 is 0 Å². The normalized spacial score (nSPS) is 28.7. The van der Waals surface area contributed by atoms with Crippen LogP contribution in [-0.2, 0) is 5.41 Å². The maximum Gasteiger partial charge on any atom is 0.0884 e. The van der Waals surface area contributed by atoms with E-state index < -0.39 is 11.5 Å². The lowest BCUT2D eigenvalue weighted by molar-refractivity contribution is 0.0777. The molecule has 0 aromatic carbocycles. The highest BCUT2D eigenvalue weighted by Gasteiger charge is 2.44. The zero-order chi connectivity index (χ0) is 12.3.